The number of fused-ring (bicyclic) bond motifs is 1. The molecule has 0 fully saturated rings. The van der Waals surface area contributed by atoms with Crippen LogP contribution in [0.1, 0.15) is 11.3 Å². The molecule has 0 atom stereocenters. The normalized spacial score (nSPS) is 11.3. The van der Waals surface area contributed by atoms with E-state index in [1.807, 2.05) is 114 Å². The van der Waals surface area contributed by atoms with Gasteiger partial charge < -0.3 is 4.42 Å². The molecule has 1 amide bonds. The zero-order valence-corrected chi connectivity index (χ0v) is 21.6. The maximum absolute atomic E-state index is 12.5. The van der Waals surface area contributed by atoms with Gasteiger partial charge in [0.2, 0.25) is 11.1 Å². The maximum atomic E-state index is 12.5. The number of hydrazone groups is 1. The second-order valence-corrected chi connectivity index (χ2v) is 9.68. The Morgan fingerprint density at radius 1 is 0.846 bits per heavy atom. The van der Waals surface area contributed by atoms with E-state index in [9.17, 15) is 4.79 Å². The van der Waals surface area contributed by atoms with Gasteiger partial charge in [0.25, 0.3) is 0 Å². The van der Waals surface area contributed by atoms with E-state index in [2.05, 4.69) is 20.7 Å². The molecule has 0 saturated carbocycles. The van der Waals surface area contributed by atoms with Gasteiger partial charge in [-0.15, -0.1) is 10.2 Å². The molecule has 0 unspecified atom stereocenters. The molecular weight excluding hydrogens is 506 g/mol. The Morgan fingerprint density at radius 2 is 1.59 bits per heavy atom. The van der Waals surface area contributed by atoms with Gasteiger partial charge in [0.1, 0.15) is 5.76 Å². The zero-order chi connectivity index (χ0) is 26.4. The quantitative estimate of drug-likeness (QED) is 0.179. The second kappa shape index (κ2) is 11.2. The molecule has 7 nitrogen and oxygen atoms in total. The summed E-state index contributed by atoms with van der Waals surface area (Å²) in [5.74, 6) is 1.05. The van der Waals surface area contributed by atoms with Crippen LogP contribution >= 0.6 is 11.8 Å². The smallest absolute Gasteiger partial charge is 0.244 e. The summed E-state index contributed by atoms with van der Waals surface area (Å²) in [6, 6.07) is 37.5. The van der Waals surface area contributed by atoms with E-state index in [-0.39, 0.29) is 12.3 Å². The van der Waals surface area contributed by atoms with Crippen LogP contribution in [0, 0.1) is 0 Å². The molecule has 0 aliphatic heterocycles. The molecule has 1 N–H and O–H groups in total. The Hall–Kier alpha value is -4.95. The molecule has 6 rings (SSSR count). The van der Waals surface area contributed by atoms with Gasteiger partial charge in [-0.1, -0.05) is 91.0 Å². The summed E-state index contributed by atoms with van der Waals surface area (Å²) >= 11 is 1.36. The highest BCUT2D eigenvalue weighted by Gasteiger charge is 2.18. The van der Waals surface area contributed by atoms with Gasteiger partial charge >= 0.3 is 0 Å². The Kier molecular flexibility index (Phi) is 7.01. The molecular formula is C31H23N5O2S. The number of nitrogens with one attached hydrogen (secondary N) is 1. The molecule has 0 saturated heterocycles. The average molecular weight is 530 g/mol. The number of hydrogen-bond donors (Lipinski definition) is 1. The third-order valence-electron chi connectivity index (χ3n) is 6.09. The number of aromatic nitrogens is 3. The fourth-order valence-electron chi connectivity index (χ4n) is 4.30. The lowest BCUT2D eigenvalue weighted by molar-refractivity contribution is -0.120. The highest BCUT2D eigenvalue weighted by atomic mass is 32.2. The summed E-state index contributed by atoms with van der Waals surface area (Å²) in [5, 5.41) is 16.5. The number of carbonyl (C=O) groups excluding carboxylic acids is 1. The SMILES string of the molecule is O=C(Cc1cccc2ccccc12)N/N=C\c1ccc(Sc2nnc(-c3ccccc3)n2-c2ccccc2)o1. The van der Waals surface area contributed by atoms with Crippen molar-refractivity contribution in [2.75, 3.05) is 0 Å². The predicted octanol–water partition coefficient (Wildman–Crippen LogP) is 6.52. The molecule has 190 valence electrons. The number of hydrogen-bond acceptors (Lipinski definition) is 6. The number of para-hydroxylation sites is 1. The van der Waals surface area contributed by atoms with Crippen LogP contribution in [0.15, 0.2) is 135 Å². The molecule has 0 bridgehead atoms. The van der Waals surface area contributed by atoms with E-state index in [1.54, 1.807) is 6.07 Å². The highest BCUT2D eigenvalue weighted by molar-refractivity contribution is 7.99. The first kappa shape index (κ1) is 24.4. The Bertz CT molecular complexity index is 1760. The summed E-state index contributed by atoms with van der Waals surface area (Å²) in [7, 11) is 0. The van der Waals surface area contributed by atoms with Crippen LogP contribution in [-0.2, 0) is 11.2 Å². The van der Waals surface area contributed by atoms with Crippen molar-refractivity contribution in [3.63, 3.8) is 0 Å². The largest absolute Gasteiger partial charge is 0.448 e. The van der Waals surface area contributed by atoms with Crippen molar-refractivity contribution in [2.45, 2.75) is 16.7 Å². The van der Waals surface area contributed by atoms with Crippen molar-refractivity contribution in [2.24, 2.45) is 5.10 Å². The van der Waals surface area contributed by atoms with E-state index in [1.165, 1.54) is 18.0 Å². The standard InChI is InChI=1S/C31H23N5O2S/c37-28(20-24-14-9-13-22-10-7-8-17-27(22)24)33-32-21-26-18-19-29(38-26)39-31-35-34-30(23-11-3-1-4-12-23)36(31)25-15-5-2-6-16-25/h1-19,21H,20H2,(H,33,37)/b32-21-. The van der Waals surface area contributed by atoms with Crippen molar-refractivity contribution in [1.29, 1.82) is 0 Å². The Balaban J connectivity index is 1.15. The minimum absolute atomic E-state index is 0.201. The lowest BCUT2D eigenvalue weighted by Gasteiger charge is -2.09. The summed E-state index contributed by atoms with van der Waals surface area (Å²) < 4.78 is 7.94. The Labute approximate surface area is 229 Å². The topological polar surface area (TPSA) is 85.3 Å². The van der Waals surface area contributed by atoms with Gasteiger partial charge in [-0.25, -0.2) is 5.43 Å². The van der Waals surface area contributed by atoms with Crippen LogP contribution in [0.5, 0.6) is 0 Å². The lowest BCUT2D eigenvalue weighted by atomic mass is 10.0. The van der Waals surface area contributed by atoms with Crippen molar-refractivity contribution in [1.82, 2.24) is 20.2 Å². The van der Waals surface area contributed by atoms with Crippen molar-refractivity contribution in [3.05, 3.63) is 127 Å². The number of furan rings is 1. The third-order valence-corrected chi connectivity index (χ3v) is 6.95. The van der Waals surface area contributed by atoms with Crippen molar-refractivity contribution in [3.8, 4) is 17.1 Å². The fraction of sp³-hybridized carbons (Fsp3) is 0.0323. The molecule has 6 aromatic rings. The van der Waals surface area contributed by atoms with Gasteiger partial charge in [0.15, 0.2) is 10.9 Å². The second-order valence-electron chi connectivity index (χ2n) is 8.71. The van der Waals surface area contributed by atoms with Crippen molar-refractivity contribution >= 4 is 34.7 Å². The molecule has 39 heavy (non-hydrogen) atoms. The number of rotatable bonds is 8. The Morgan fingerprint density at radius 3 is 2.44 bits per heavy atom. The summed E-state index contributed by atoms with van der Waals surface area (Å²) in [5.41, 5.74) is 5.46. The molecule has 8 heteroatoms. The van der Waals surface area contributed by atoms with Gasteiger partial charge in [-0.05, 0) is 52.4 Å². The van der Waals surface area contributed by atoms with Gasteiger partial charge in [0.05, 0.1) is 12.6 Å². The number of amides is 1. The molecule has 0 radical (unpaired) electrons. The molecule has 0 aliphatic rings. The van der Waals surface area contributed by atoms with Gasteiger partial charge in [-0.3, -0.25) is 9.36 Å². The molecule has 0 aliphatic carbocycles. The van der Waals surface area contributed by atoms with Crippen LogP contribution in [0.25, 0.3) is 27.8 Å². The van der Waals surface area contributed by atoms with Gasteiger partial charge in [-0.2, -0.15) is 5.10 Å². The summed E-state index contributed by atoms with van der Waals surface area (Å²) in [6.07, 6.45) is 1.72. The van der Waals surface area contributed by atoms with Crippen molar-refractivity contribution < 1.29 is 9.21 Å². The number of nitrogens with zero attached hydrogens (tertiary/aromatic N) is 4. The van der Waals surface area contributed by atoms with Crippen LogP contribution < -0.4 is 5.43 Å². The molecule has 4 aromatic carbocycles. The minimum Gasteiger partial charge on any atom is -0.448 e. The average Bonchev–Trinajstić information content (AvgIpc) is 3.61. The molecule has 2 aromatic heterocycles. The number of carbonyl (C=O) groups is 1. The van der Waals surface area contributed by atoms with E-state index >= 15 is 0 Å². The highest BCUT2D eigenvalue weighted by Crippen LogP contribution is 2.33. The monoisotopic (exact) mass is 529 g/mol. The van der Waals surface area contributed by atoms with Crippen LogP contribution in [0.2, 0.25) is 0 Å². The van der Waals surface area contributed by atoms with Crippen LogP contribution in [0.3, 0.4) is 0 Å². The van der Waals surface area contributed by atoms with Crippen LogP contribution in [0.4, 0.5) is 0 Å². The molecule has 0 spiro atoms. The number of benzene rings is 4. The fourth-order valence-corrected chi connectivity index (χ4v) is 5.11. The first-order valence-corrected chi connectivity index (χ1v) is 13.2. The molecule has 2 heterocycles. The lowest BCUT2D eigenvalue weighted by Crippen LogP contribution is -2.19. The summed E-state index contributed by atoms with van der Waals surface area (Å²) in [6.45, 7) is 0. The maximum Gasteiger partial charge on any atom is 0.244 e. The third kappa shape index (κ3) is 5.51. The van der Waals surface area contributed by atoms with E-state index in [4.69, 9.17) is 4.42 Å². The minimum atomic E-state index is -0.201. The van der Waals surface area contributed by atoms with Gasteiger partial charge in [0, 0.05) is 11.3 Å². The predicted molar refractivity (Wildman–Crippen MR) is 153 cm³/mol. The van der Waals surface area contributed by atoms with E-state index in [0.717, 1.165) is 33.4 Å². The first-order chi connectivity index (χ1) is 19.2. The van der Waals surface area contributed by atoms with Crippen LogP contribution in [-0.4, -0.2) is 26.9 Å². The summed E-state index contributed by atoms with van der Waals surface area (Å²) in [4.78, 5) is 12.5. The zero-order valence-electron chi connectivity index (χ0n) is 20.8. The first-order valence-electron chi connectivity index (χ1n) is 12.4. The van der Waals surface area contributed by atoms with E-state index < -0.39 is 0 Å². The van der Waals surface area contributed by atoms with E-state index in [0.29, 0.717) is 16.0 Å².